The third kappa shape index (κ3) is 15.0. The molecule has 6 heterocycles. The summed E-state index contributed by atoms with van der Waals surface area (Å²) in [6, 6.07) is 95.4. The van der Waals surface area contributed by atoms with Crippen molar-refractivity contribution in [3.8, 4) is 34.6 Å². The van der Waals surface area contributed by atoms with Gasteiger partial charge in [0.05, 0.1) is 67.0 Å². The van der Waals surface area contributed by atoms with Crippen LogP contribution in [0.2, 0.25) is 0 Å². The van der Waals surface area contributed by atoms with Gasteiger partial charge in [-0.25, -0.2) is 9.97 Å². The Morgan fingerprint density at radius 2 is 0.703 bits per heavy atom. The number of rotatable bonds is 12. The van der Waals surface area contributed by atoms with Crippen LogP contribution in [0.1, 0.15) is 105 Å². The van der Waals surface area contributed by atoms with Crippen molar-refractivity contribution in [2.75, 3.05) is 21.7 Å². The van der Waals surface area contributed by atoms with Crippen LogP contribution < -0.4 is 31.2 Å². The number of benzene rings is 12. The van der Waals surface area contributed by atoms with E-state index in [1.54, 1.807) is 0 Å². The summed E-state index contributed by atoms with van der Waals surface area (Å²) >= 11 is 3.65. The van der Waals surface area contributed by atoms with Crippen molar-refractivity contribution in [3.63, 3.8) is 0 Å². The van der Waals surface area contributed by atoms with E-state index < -0.39 is 0 Å². The highest BCUT2D eigenvalue weighted by atomic mass is 79.9. The Hall–Kier alpha value is -12.6. The van der Waals surface area contributed by atoms with Crippen molar-refractivity contribution in [1.82, 2.24) is 19.1 Å². The number of nitrogens with two attached hydrogens (primary N) is 1. The lowest BCUT2D eigenvalue weighted by Crippen LogP contribution is -2.12. The van der Waals surface area contributed by atoms with Crippen LogP contribution in [0.4, 0.5) is 39.8 Å². The fourth-order valence-corrected chi connectivity index (χ4v) is 15.0. The summed E-state index contributed by atoms with van der Waals surface area (Å²) in [5, 5.41) is 19.9. The summed E-state index contributed by atoms with van der Waals surface area (Å²) in [7, 11) is 0. The second kappa shape index (κ2) is 29.1. The molecule has 12 aromatic carbocycles. The number of nitrogens with one attached hydrogen (secondary N) is 3. The Bertz CT molecular complexity index is 6550. The van der Waals surface area contributed by atoms with Crippen molar-refractivity contribution >= 4 is 143 Å². The zero-order valence-corrected chi connectivity index (χ0v) is 66.2. The molecule has 0 aliphatic rings. The Labute approximate surface area is 655 Å². The van der Waals surface area contributed by atoms with Gasteiger partial charge in [0.1, 0.15) is 57.0 Å². The average Bonchev–Trinajstić information content (AvgIpc) is 1.60. The summed E-state index contributed by atoms with van der Waals surface area (Å²) in [5.41, 5.74) is 25.1. The predicted octanol–water partition coefficient (Wildman–Crippen LogP) is 28.2. The van der Waals surface area contributed by atoms with Crippen LogP contribution in [-0.4, -0.2) is 19.1 Å². The Morgan fingerprint density at radius 3 is 1.19 bits per heavy atom. The molecular formula is C98H89BrN8O4. The van der Waals surface area contributed by atoms with E-state index in [0.29, 0.717) is 0 Å². The second-order valence-corrected chi connectivity index (χ2v) is 33.5. The maximum absolute atomic E-state index is 6.77. The van der Waals surface area contributed by atoms with Crippen molar-refractivity contribution in [1.29, 1.82) is 0 Å². The van der Waals surface area contributed by atoms with Crippen LogP contribution in [0, 0.1) is 0 Å². The monoisotopic (exact) mass is 1520 g/mol. The molecule has 0 atom stereocenters. The maximum Gasteiger partial charge on any atom is 0.137 e. The first-order valence-electron chi connectivity index (χ1n) is 37.7. The Kier molecular flexibility index (Phi) is 19.0. The number of ether oxygens (including phenoxy) is 2. The van der Waals surface area contributed by atoms with E-state index in [0.717, 1.165) is 156 Å². The molecule has 0 saturated carbocycles. The quantitative estimate of drug-likeness (QED) is 0.0873. The molecule has 111 heavy (non-hydrogen) atoms. The Balaban J connectivity index is 0.000000141. The minimum Gasteiger partial charge on any atom is -0.457 e. The minimum absolute atomic E-state index is 0.00609. The van der Waals surface area contributed by atoms with Gasteiger partial charge in [-0.05, 0) is 196 Å². The molecule has 0 amide bonds. The average molecular weight is 1520 g/mol. The third-order valence-corrected chi connectivity index (χ3v) is 20.9. The van der Waals surface area contributed by atoms with E-state index in [1.807, 2.05) is 122 Å². The lowest BCUT2D eigenvalue weighted by atomic mass is 9.86. The van der Waals surface area contributed by atoms with Gasteiger partial charge >= 0.3 is 0 Å². The fourth-order valence-electron chi connectivity index (χ4n) is 14.5. The first-order valence-corrected chi connectivity index (χ1v) is 38.5. The highest BCUT2D eigenvalue weighted by Crippen LogP contribution is 2.44. The van der Waals surface area contributed by atoms with Crippen LogP contribution in [0.25, 0.3) is 99.1 Å². The lowest BCUT2D eigenvalue weighted by Gasteiger charge is -2.22. The van der Waals surface area contributed by atoms with Crippen LogP contribution in [-0.2, 0) is 21.7 Å². The Morgan fingerprint density at radius 1 is 0.315 bits per heavy atom. The summed E-state index contributed by atoms with van der Waals surface area (Å²) < 4.78 is 30.7. The number of furan rings is 2. The van der Waals surface area contributed by atoms with Gasteiger partial charge in [-0.15, -0.1) is 0 Å². The van der Waals surface area contributed by atoms with Crippen LogP contribution in [0.15, 0.2) is 305 Å². The zero-order valence-electron chi connectivity index (χ0n) is 64.6. The topological polar surface area (TPSA) is 142 Å². The lowest BCUT2D eigenvalue weighted by molar-refractivity contribution is 0.478. The molecule has 18 aromatic rings. The summed E-state index contributed by atoms with van der Waals surface area (Å²) in [5.74, 6) is 4.93. The normalized spacial score (nSPS) is 12.0. The molecular weight excluding hydrogens is 1430 g/mol. The van der Waals surface area contributed by atoms with Crippen LogP contribution in [0.3, 0.4) is 0 Å². The van der Waals surface area contributed by atoms with Crippen LogP contribution >= 0.6 is 15.9 Å². The molecule has 18 rings (SSSR count). The number of halogens is 1. The van der Waals surface area contributed by atoms with Gasteiger partial charge in [0.25, 0.3) is 0 Å². The molecule has 13 heteroatoms. The number of fused-ring (bicyclic) bond motifs is 12. The van der Waals surface area contributed by atoms with Gasteiger partial charge in [0.2, 0.25) is 0 Å². The standard InChI is InChI=1S/C49H44N4O2.C31H31BrN2O.C18H14N2O/c1-48(2,3)31-24-25-50-46(28-31)53-42-19-11-7-14-36(42)37-23-22-34(30-43(37)53)54-35-27-32(49(4,5)6)26-33(29-35)51-39-16-9-10-17-40(39)52-41-18-13-21-45-47(41)38-15-8-12-20-44(38)55-45;1-30(2,3)20-13-14-33-29(17-20)34-27-10-8-7-9-25(27)26-12-11-23(19-28(26)34)35-24-16-21(31(4,5)6)15-22(32)18-24;19-13-7-2-3-8-14(13)20-15-9-5-11-17-18(15)12-6-1-4-10-16(12)21-17/h7-30,51-52H,1-6H3;7-19H,1-6H3;1-11,20H,19H2. The zero-order chi connectivity index (χ0) is 77.1. The van der Waals surface area contributed by atoms with Gasteiger partial charge in [-0.2, -0.15) is 0 Å². The number of anilines is 7. The first kappa shape index (κ1) is 72.6. The predicted molar refractivity (Wildman–Crippen MR) is 467 cm³/mol. The largest absolute Gasteiger partial charge is 0.457 e. The highest BCUT2D eigenvalue weighted by Gasteiger charge is 2.24. The molecule has 6 aromatic heterocycles. The molecule has 0 radical (unpaired) electrons. The van der Waals surface area contributed by atoms with E-state index in [1.165, 1.54) is 32.8 Å². The van der Waals surface area contributed by atoms with E-state index >= 15 is 0 Å². The number of hydrogen-bond donors (Lipinski definition) is 4. The minimum atomic E-state index is -0.119. The molecule has 5 N–H and O–H groups in total. The highest BCUT2D eigenvalue weighted by molar-refractivity contribution is 9.10. The number of para-hydroxylation sites is 8. The number of pyridine rings is 2. The fraction of sp³-hybridized carbons (Fsp3) is 0.163. The summed E-state index contributed by atoms with van der Waals surface area (Å²) in [6.45, 7) is 26.7. The molecule has 12 nitrogen and oxygen atoms in total. The molecule has 0 saturated heterocycles. The smallest absolute Gasteiger partial charge is 0.137 e. The van der Waals surface area contributed by atoms with Gasteiger partial charge in [0.15, 0.2) is 0 Å². The SMILES string of the molecule is CC(C)(C)c1cc(Br)cc(Oc2ccc3c4ccccc4n(-c4cc(C(C)(C)C)ccn4)c3c2)c1.CC(C)(C)c1cc(Nc2ccccc2Nc2cccc3oc4ccccc4c23)cc(Oc2ccc3c4ccccc4n(-c4cc(C(C)(C)C)ccn4)c3c2)c1.Nc1ccccc1Nc1cccc2oc3ccccc3c12. The maximum atomic E-state index is 6.77. The van der Waals surface area contributed by atoms with Crippen molar-refractivity contribution < 1.29 is 18.3 Å². The summed E-state index contributed by atoms with van der Waals surface area (Å²) in [6.07, 6.45) is 3.82. The number of hydrogen-bond acceptors (Lipinski definition) is 10. The molecule has 552 valence electrons. The van der Waals surface area contributed by atoms with Gasteiger partial charge < -0.3 is 40.0 Å². The van der Waals surface area contributed by atoms with Gasteiger partial charge in [-0.3, -0.25) is 9.13 Å². The molecule has 0 fully saturated rings. The van der Waals surface area contributed by atoms with Crippen molar-refractivity contribution in [2.24, 2.45) is 0 Å². The van der Waals surface area contributed by atoms with Crippen molar-refractivity contribution in [3.05, 3.63) is 318 Å². The molecule has 0 unspecified atom stereocenters. The number of aromatic nitrogens is 4. The molecule has 0 spiro atoms. The number of nitrogens with zero attached hydrogens (tertiary/aromatic N) is 4. The van der Waals surface area contributed by atoms with Gasteiger partial charge in [0, 0.05) is 73.1 Å². The van der Waals surface area contributed by atoms with E-state index in [4.69, 9.17) is 34.0 Å². The third-order valence-electron chi connectivity index (χ3n) is 20.5. The summed E-state index contributed by atoms with van der Waals surface area (Å²) in [4.78, 5) is 9.64. The second-order valence-electron chi connectivity index (χ2n) is 32.6. The van der Waals surface area contributed by atoms with E-state index in [-0.39, 0.29) is 21.7 Å². The van der Waals surface area contributed by atoms with E-state index in [9.17, 15) is 0 Å². The first-order chi connectivity index (χ1) is 53.3. The van der Waals surface area contributed by atoms with E-state index in [2.05, 4.69) is 294 Å². The van der Waals surface area contributed by atoms with Gasteiger partial charge in [-0.1, -0.05) is 208 Å². The van der Waals surface area contributed by atoms with Crippen molar-refractivity contribution in [2.45, 2.75) is 105 Å². The molecule has 0 bridgehead atoms. The molecule has 0 aliphatic carbocycles. The molecule has 0 aliphatic heterocycles. The number of nitrogen functional groups attached to an aromatic ring is 1. The van der Waals surface area contributed by atoms with Crippen LogP contribution in [0.5, 0.6) is 23.0 Å².